The number of hydrogen-bond donors (Lipinski definition) is 2. The lowest BCUT2D eigenvalue weighted by atomic mass is 10.1. The minimum atomic E-state index is -1.16. The fourth-order valence-electron chi connectivity index (χ4n) is 1.62. The molecule has 0 bridgehead atoms. The van der Waals surface area contributed by atoms with Gasteiger partial charge >= 0.3 is 6.16 Å². The van der Waals surface area contributed by atoms with E-state index in [0.717, 1.165) is 12.8 Å². The molecule has 0 rings (SSSR count). The van der Waals surface area contributed by atoms with Crippen LogP contribution in [0.25, 0.3) is 0 Å². The first-order valence-electron chi connectivity index (χ1n) is 6.64. The lowest BCUT2D eigenvalue weighted by Crippen LogP contribution is -2.12. The Hall–Kier alpha value is -0.770. The first kappa shape index (κ1) is 18.6. The monoisotopic (exact) mass is 247 g/mol. The maximum Gasteiger partial charge on any atom is 0.506 e. The highest BCUT2D eigenvalue weighted by Crippen LogP contribution is 2.10. The Morgan fingerprint density at radius 2 is 1.59 bits per heavy atom. The first-order valence-corrected chi connectivity index (χ1v) is 6.64. The minimum absolute atomic E-state index is 0.154. The standard InChI is InChI=1S/C12H24O3.CH5N/c1-3-4-5-6-7-8-9-10-11(2)15-12(13)14;1-2/h11H,3-10H2,1-2H3,(H,13,14);2H2,1H3. The van der Waals surface area contributed by atoms with Gasteiger partial charge in [0.15, 0.2) is 0 Å². The fourth-order valence-corrected chi connectivity index (χ4v) is 1.62. The molecule has 0 heterocycles. The van der Waals surface area contributed by atoms with Gasteiger partial charge in [-0.25, -0.2) is 4.79 Å². The van der Waals surface area contributed by atoms with Gasteiger partial charge in [-0.2, -0.15) is 0 Å². The zero-order valence-electron chi connectivity index (χ0n) is 11.6. The summed E-state index contributed by atoms with van der Waals surface area (Å²) in [5.41, 5.74) is 4.50. The van der Waals surface area contributed by atoms with Crippen LogP contribution in [0.1, 0.15) is 65.2 Å². The van der Waals surface area contributed by atoms with E-state index in [-0.39, 0.29) is 6.10 Å². The molecule has 1 unspecified atom stereocenters. The van der Waals surface area contributed by atoms with Crippen molar-refractivity contribution in [1.29, 1.82) is 0 Å². The molecule has 0 radical (unpaired) electrons. The molecular formula is C13H29NO3. The summed E-state index contributed by atoms with van der Waals surface area (Å²) in [5, 5.41) is 8.36. The van der Waals surface area contributed by atoms with Crippen LogP contribution >= 0.6 is 0 Å². The predicted molar refractivity (Wildman–Crippen MR) is 71.3 cm³/mol. The Labute approximate surface area is 106 Å². The van der Waals surface area contributed by atoms with Gasteiger partial charge < -0.3 is 15.6 Å². The van der Waals surface area contributed by atoms with Crippen LogP contribution in [0, 0.1) is 0 Å². The molecule has 4 heteroatoms. The average Bonchev–Trinajstić information content (AvgIpc) is 2.29. The Bertz CT molecular complexity index is 163. The Balaban J connectivity index is 0. The number of rotatable bonds is 9. The molecular weight excluding hydrogens is 218 g/mol. The Morgan fingerprint density at radius 1 is 1.12 bits per heavy atom. The van der Waals surface area contributed by atoms with Crippen molar-refractivity contribution in [3.8, 4) is 0 Å². The number of nitrogens with two attached hydrogens (primary N) is 1. The van der Waals surface area contributed by atoms with Gasteiger partial charge in [-0.3, -0.25) is 0 Å². The van der Waals surface area contributed by atoms with Crippen LogP contribution < -0.4 is 5.73 Å². The van der Waals surface area contributed by atoms with Gasteiger partial charge in [-0.1, -0.05) is 45.4 Å². The lowest BCUT2D eigenvalue weighted by molar-refractivity contribution is 0.0548. The molecule has 17 heavy (non-hydrogen) atoms. The van der Waals surface area contributed by atoms with Crippen molar-refractivity contribution in [1.82, 2.24) is 0 Å². The zero-order valence-corrected chi connectivity index (χ0v) is 11.6. The highest BCUT2D eigenvalue weighted by molar-refractivity contribution is 5.56. The van der Waals surface area contributed by atoms with Gasteiger partial charge in [0.1, 0.15) is 6.10 Å². The van der Waals surface area contributed by atoms with Crippen LogP contribution in [0.3, 0.4) is 0 Å². The molecule has 4 nitrogen and oxygen atoms in total. The SMILES string of the molecule is CCCCCCCCCC(C)OC(=O)O.CN. The molecule has 1 atom stereocenters. The Morgan fingerprint density at radius 3 is 2.06 bits per heavy atom. The zero-order chi connectivity index (χ0) is 13.5. The van der Waals surface area contributed by atoms with E-state index < -0.39 is 6.16 Å². The number of ether oxygens (including phenoxy) is 1. The third kappa shape index (κ3) is 17.8. The van der Waals surface area contributed by atoms with Crippen molar-refractivity contribution in [2.75, 3.05) is 7.05 Å². The summed E-state index contributed by atoms with van der Waals surface area (Å²) in [6.07, 6.45) is 8.31. The van der Waals surface area contributed by atoms with E-state index in [0.29, 0.717) is 0 Å². The molecule has 0 aliphatic heterocycles. The molecule has 0 aromatic heterocycles. The molecule has 3 N–H and O–H groups in total. The molecule has 0 aromatic carbocycles. The second-order valence-corrected chi connectivity index (χ2v) is 4.10. The lowest BCUT2D eigenvalue weighted by Gasteiger charge is -2.09. The quantitative estimate of drug-likeness (QED) is 0.480. The van der Waals surface area contributed by atoms with Crippen LogP contribution in [0.2, 0.25) is 0 Å². The summed E-state index contributed by atoms with van der Waals surface area (Å²) in [7, 11) is 1.50. The van der Waals surface area contributed by atoms with Crippen LogP contribution in [-0.4, -0.2) is 24.4 Å². The van der Waals surface area contributed by atoms with Crippen molar-refractivity contribution in [2.45, 2.75) is 71.3 Å². The van der Waals surface area contributed by atoms with Crippen molar-refractivity contribution < 1.29 is 14.6 Å². The molecule has 0 saturated carbocycles. The van der Waals surface area contributed by atoms with E-state index in [1.807, 2.05) is 6.92 Å². The van der Waals surface area contributed by atoms with E-state index in [1.165, 1.54) is 45.6 Å². The van der Waals surface area contributed by atoms with Crippen molar-refractivity contribution in [3.63, 3.8) is 0 Å². The van der Waals surface area contributed by atoms with Gasteiger partial charge in [0.25, 0.3) is 0 Å². The third-order valence-electron chi connectivity index (χ3n) is 2.52. The third-order valence-corrected chi connectivity index (χ3v) is 2.52. The van der Waals surface area contributed by atoms with Crippen LogP contribution in [-0.2, 0) is 4.74 Å². The Kier molecular flexibility index (Phi) is 16.7. The molecule has 0 fully saturated rings. The van der Waals surface area contributed by atoms with Crippen LogP contribution in [0.4, 0.5) is 4.79 Å². The summed E-state index contributed by atoms with van der Waals surface area (Å²) in [5.74, 6) is 0. The molecule has 104 valence electrons. The molecule has 0 spiro atoms. The summed E-state index contributed by atoms with van der Waals surface area (Å²) in [6.45, 7) is 4.02. The number of carbonyl (C=O) groups is 1. The summed E-state index contributed by atoms with van der Waals surface area (Å²) in [4.78, 5) is 10.2. The number of hydrogen-bond acceptors (Lipinski definition) is 3. The number of carboxylic acid groups (broad SMARTS) is 1. The van der Waals surface area contributed by atoms with Crippen LogP contribution in [0.5, 0.6) is 0 Å². The van der Waals surface area contributed by atoms with Gasteiger partial charge in [0, 0.05) is 0 Å². The van der Waals surface area contributed by atoms with E-state index in [9.17, 15) is 4.79 Å². The first-order chi connectivity index (χ1) is 8.16. The van der Waals surface area contributed by atoms with Crippen molar-refractivity contribution in [2.24, 2.45) is 5.73 Å². The fraction of sp³-hybridized carbons (Fsp3) is 0.923. The average molecular weight is 247 g/mol. The largest absolute Gasteiger partial charge is 0.506 e. The predicted octanol–water partition coefficient (Wildman–Crippen LogP) is 3.79. The van der Waals surface area contributed by atoms with E-state index >= 15 is 0 Å². The maximum atomic E-state index is 10.2. The van der Waals surface area contributed by atoms with E-state index in [4.69, 9.17) is 5.11 Å². The normalized spacial score (nSPS) is 11.3. The molecule has 0 saturated heterocycles. The molecule has 0 amide bonds. The van der Waals surface area contributed by atoms with Gasteiger partial charge in [-0.05, 0) is 26.8 Å². The van der Waals surface area contributed by atoms with Crippen molar-refractivity contribution in [3.05, 3.63) is 0 Å². The highest BCUT2D eigenvalue weighted by atomic mass is 16.7. The minimum Gasteiger partial charge on any atom is -0.450 e. The molecule has 0 aliphatic rings. The second-order valence-electron chi connectivity index (χ2n) is 4.10. The molecule has 0 aromatic rings. The van der Waals surface area contributed by atoms with Gasteiger partial charge in [0.2, 0.25) is 0 Å². The second kappa shape index (κ2) is 15.2. The highest BCUT2D eigenvalue weighted by Gasteiger charge is 2.06. The van der Waals surface area contributed by atoms with Crippen LogP contribution in [0.15, 0.2) is 0 Å². The van der Waals surface area contributed by atoms with Gasteiger partial charge in [-0.15, -0.1) is 0 Å². The van der Waals surface area contributed by atoms with Crippen molar-refractivity contribution >= 4 is 6.16 Å². The smallest absolute Gasteiger partial charge is 0.450 e. The summed E-state index contributed by atoms with van der Waals surface area (Å²) >= 11 is 0. The van der Waals surface area contributed by atoms with E-state index in [2.05, 4.69) is 17.4 Å². The summed E-state index contributed by atoms with van der Waals surface area (Å²) < 4.78 is 4.61. The molecule has 0 aliphatic carbocycles. The maximum absolute atomic E-state index is 10.2. The number of unbranched alkanes of at least 4 members (excludes halogenated alkanes) is 6. The topological polar surface area (TPSA) is 72.5 Å². The van der Waals surface area contributed by atoms with E-state index in [1.54, 1.807) is 0 Å². The van der Waals surface area contributed by atoms with Gasteiger partial charge in [0.05, 0.1) is 0 Å². The summed E-state index contributed by atoms with van der Waals surface area (Å²) in [6, 6.07) is 0.